The molecule has 0 aromatic carbocycles. The SMILES string of the molecule is CC(C)OCCS(=O)(=O)NC(C)C(C)CO. The Labute approximate surface area is 98.2 Å². The zero-order valence-corrected chi connectivity index (χ0v) is 11.3. The summed E-state index contributed by atoms with van der Waals surface area (Å²) >= 11 is 0. The molecule has 0 bridgehead atoms. The Hall–Kier alpha value is -0.170. The first-order valence-corrected chi connectivity index (χ1v) is 7.16. The van der Waals surface area contributed by atoms with Crippen molar-refractivity contribution in [3.05, 3.63) is 0 Å². The Morgan fingerprint density at radius 1 is 1.25 bits per heavy atom. The number of hydrogen-bond donors (Lipinski definition) is 2. The zero-order valence-electron chi connectivity index (χ0n) is 10.4. The number of sulfonamides is 1. The number of aliphatic hydroxyl groups is 1. The van der Waals surface area contributed by atoms with Gasteiger partial charge in [-0.25, -0.2) is 13.1 Å². The lowest BCUT2D eigenvalue weighted by atomic mass is 10.1. The molecule has 98 valence electrons. The van der Waals surface area contributed by atoms with E-state index >= 15 is 0 Å². The van der Waals surface area contributed by atoms with Crippen molar-refractivity contribution in [2.45, 2.75) is 39.8 Å². The van der Waals surface area contributed by atoms with Crippen LogP contribution in [-0.4, -0.2) is 44.6 Å². The lowest BCUT2D eigenvalue weighted by molar-refractivity contribution is 0.0911. The Morgan fingerprint density at radius 2 is 1.81 bits per heavy atom. The highest BCUT2D eigenvalue weighted by Crippen LogP contribution is 2.03. The third-order valence-corrected chi connectivity index (χ3v) is 3.75. The average Bonchev–Trinajstić information content (AvgIpc) is 2.14. The molecule has 5 nitrogen and oxygen atoms in total. The zero-order chi connectivity index (χ0) is 12.8. The summed E-state index contributed by atoms with van der Waals surface area (Å²) in [6.45, 7) is 7.39. The van der Waals surface area contributed by atoms with Crippen LogP contribution in [-0.2, 0) is 14.8 Å². The summed E-state index contributed by atoms with van der Waals surface area (Å²) in [7, 11) is -3.32. The summed E-state index contributed by atoms with van der Waals surface area (Å²) in [6.07, 6.45) is 0.0315. The van der Waals surface area contributed by atoms with Crippen LogP contribution in [0, 0.1) is 5.92 Å². The number of rotatable bonds is 8. The second-order valence-corrected chi connectivity index (χ2v) is 6.18. The monoisotopic (exact) mass is 253 g/mol. The Balaban J connectivity index is 4.05. The standard InChI is InChI=1S/C10H23NO4S/c1-8(2)15-5-6-16(13,14)11-10(4)9(3)7-12/h8-12H,5-7H2,1-4H3. The number of hydrogen-bond acceptors (Lipinski definition) is 4. The fraction of sp³-hybridized carbons (Fsp3) is 1.00. The van der Waals surface area contributed by atoms with Gasteiger partial charge in [-0.2, -0.15) is 0 Å². The van der Waals surface area contributed by atoms with E-state index in [0.717, 1.165) is 0 Å². The molecule has 0 saturated heterocycles. The van der Waals surface area contributed by atoms with Crippen LogP contribution in [0.2, 0.25) is 0 Å². The van der Waals surface area contributed by atoms with Crippen LogP contribution in [0.3, 0.4) is 0 Å². The van der Waals surface area contributed by atoms with Crippen LogP contribution in [0.25, 0.3) is 0 Å². The molecule has 0 aliphatic heterocycles. The summed E-state index contributed by atoms with van der Waals surface area (Å²) in [4.78, 5) is 0. The second kappa shape index (κ2) is 7.21. The number of ether oxygens (including phenoxy) is 1. The van der Waals surface area contributed by atoms with Crippen molar-refractivity contribution in [1.82, 2.24) is 4.72 Å². The first kappa shape index (κ1) is 15.8. The minimum Gasteiger partial charge on any atom is -0.396 e. The molecule has 2 unspecified atom stereocenters. The van der Waals surface area contributed by atoms with Crippen LogP contribution in [0.1, 0.15) is 27.7 Å². The van der Waals surface area contributed by atoms with E-state index in [1.807, 2.05) is 13.8 Å². The van der Waals surface area contributed by atoms with Crippen molar-refractivity contribution in [3.63, 3.8) is 0 Å². The van der Waals surface area contributed by atoms with E-state index in [4.69, 9.17) is 9.84 Å². The predicted molar refractivity (Wildman–Crippen MR) is 63.7 cm³/mol. The van der Waals surface area contributed by atoms with E-state index in [1.54, 1.807) is 13.8 Å². The van der Waals surface area contributed by atoms with Crippen molar-refractivity contribution < 1.29 is 18.3 Å². The van der Waals surface area contributed by atoms with Gasteiger partial charge < -0.3 is 9.84 Å². The third-order valence-electron chi connectivity index (χ3n) is 2.31. The fourth-order valence-electron chi connectivity index (χ4n) is 1.01. The molecule has 0 amide bonds. The van der Waals surface area contributed by atoms with E-state index in [1.165, 1.54) is 0 Å². The Kier molecular flexibility index (Phi) is 7.14. The molecule has 0 aromatic rings. The first-order valence-electron chi connectivity index (χ1n) is 5.51. The van der Waals surface area contributed by atoms with Crippen molar-refractivity contribution in [1.29, 1.82) is 0 Å². The van der Waals surface area contributed by atoms with Crippen molar-refractivity contribution in [3.8, 4) is 0 Å². The number of nitrogens with one attached hydrogen (secondary N) is 1. The number of aliphatic hydroxyl groups excluding tert-OH is 1. The van der Waals surface area contributed by atoms with Crippen LogP contribution < -0.4 is 4.72 Å². The molecule has 0 aliphatic carbocycles. The van der Waals surface area contributed by atoms with Crippen molar-refractivity contribution in [2.75, 3.05) is 19.0 Å². The molecule has 6 heteroatoms. The molecule has 0 fully saturated rings. The first-order chi connectivity index (χ1) is 7.28. The van der Waals surface area contributed by atoms with Gasteiger partial charge in [-0.15, -0.1) is 0 Å². The molecule has 16 heavy (non-hydrogen) atoms. The van der Waals surface area contributed by atoms with Gasteiger partial charge in [0.15, 0.2) is 0 Å². The quantitative estimate of drug-likeness (QED) is 0.654. The highest BCUT2D eigenvalue weighted by molar-refractivity contribution is 7.89. The molecule has 2 N–H and O–H groups in total. The average molecular weight is 253 g/mol. The normalized spacial score (nSPS) is 16.4. The van der Waals surface area contributed by atoms with Gasteiger partial charge in [0, 0.05) is 12.6 Å². The molecule has 2 atom stereocenters. The van der Waals surface area contributed by atoms with Crippen LogP contribution >= 0.6 is 0 Å². The molecule has 0 heterocycles. The topological polar surface area (TPSA) is 75.6 Å². The minimum absolute atomic E-state index is 0.0315. The van der Waals surface area contributed by atoms with Gasteiger partial charge in [-0.1, -0.05) is 6.92 Å². The summed E-state index contributed by atoms with van der Waals surface area (Å²) in [5.41, 5.74) is 0. The fourth-order valence-corrected chi connectivity index (χ4v) is 2.24. The van der Waals surface area contributed by atoms with Gasteiger partial charge in [0.25, 0.3) is 0 Å². The maximum Gasteiger partial charge on any atom is 0.214 e. The molecule has 0 aromatic heterocycles. The van der Waals surface area contributed by atoms with Crippen molar-refractivity contribution in [2.24, 2.45) is 5.92 Å². The van der Waals surface area contributed by atoms with E-state index in [2.05, 4.69) is 4.72 Å². The lowest BCUT2D eigenvalue weighted by Crippen LogP contribution is -2.40. The minimum atomic E-state index is -3.32. The van der Waals surface area contributed by atoms with Gasteiger partial charge in [-0.05, 0) is 26.7 Å². The van der Waals surface area contributed by atoms with E-state index in [-0.39, 0.29) is 37.0 Å². The lowest BCUT2D eigenvalue weighted by Gasteiger charge is -2.19. The molecular weight excluding hydrogens is 230 g/mol. The molecule has 0 saturated carbocycles. The van der Waals surface area contributed by atoms with Gasteiger partial charge in [-0.3, -0.25) is 0 Å². The third kappa shape index (κ3) is 7.16. The van der Waals surface area contributed by atoms with Gasteiger partial charge >= 0.3 is 0 Å². The summed E-state index contributed by atoms with van der Waals surface area (Å²) in [5.74, 6) is -0.144. The maximum absolute atomic E-state index is 11.6. The smallest absolute Gasteiger partial charge is 0.214 e. The van der Waals surface area contributed by atoms with Gasteiger partial charge in [0.2, 0.25) is 10.0 Å². The van der Waals surface area contributed by atoms with Gasteiger partial charge in [0.1, 0.15) is 0 Å². The van der Waals surface area contributed by atoms with E-state index in [9.17, 15) is 8.42 Å². The van der Waals surface area contributed by atoms with E-state index < -0.39 is 10.0 Å². The Bertz CT molecular complexity index is 277. The van der Waals surface area contributed by atoms with Crippen molar-refractivity contribution >= 4 is 10.0 Å². The summed E-state index contributed by atoms with van der Waals surface area (Å²) in [5, 5.41) is 8.89. The Morgan fingerprint density at radius 3 is 2.25 bits per heavy atom. The predicted octanol–water partition coefficient (Wildman–Crippen LogP) is 0.348. The molecule has 0 spiro atoms. The highest BCUT2D eigenvalue weighted by Gasteiger charge is 2.18. The molecular formula is C10H23NO4S. The van der Waals surface area contributed by atoms with Gasteiger partial charge in [0.05, 0.1) is 18.5 Å². The van der Waals surface area contributed by atoms with Crippen LogP contribution in [0.5, 0.6) is 0 Å². The second-order valence-electron chi connectivity index (χ2n) is 4.30. The summed E-state index contributed by atoms with van der Waals surface area (Å²) in [6, 6.07) is -0.269. The maximum atomic E-state index is 11.6. The molecule has 0 aliphatic rings. The van der Waals surface area contributed by atoms with Crippen LogP contribution in [0.4, 0.5) is 0 Å². The largest absolute Gasteiger partial charge is 0.396 e. The summed E-state index contributed by atoms with van der Waals surface area (Å²) < 4.78 is 30.8. The highest BCUT2D eigenvalue weighted by atomic mass is 32.2. The van der Waals surface area contributed by atoms with E-state index in [0.29, 0.717) is 0 Å². The molecule has 0 radical (unpaired) electrons. The molecule has 0 rings (SSSR count). The van der Waals surface area contributed by atoms with Crippen LogP contribution in [0.15, 0.2) is 0 Å².